The molecule has 0 radical (unpaired) electrons. The van der Waals surface area contributed by atoms with Crippen molar-refractivity contribution in [3.05, 3.63) is 47.0 Å². The van der Waals surface area contributed by atoms with Crippen LogP contribution < -0.4 is 4.90 Å². The highest BCUT2D eigenvalue weighted by Gasteiger charge is 2.51. The zero-order chi connectivity index (χ0) is 23.8. The van der Waals surface area contributed by atoms with Crippen molar-refractivity contribution in [2.24, 2.45) is 13.0 Å². The Balaban J connectivity index is 1.75. The third kappa shape index (κ3) is 5.17. The van der Waals surface area contributed by atoms with E-state index in [2.05, 4.69) is 4.98 Å². The molecule has 33 heavy (non-hydrogen) atoms. The van der Waals surface area contributed by atoms with Gasteiger partial charge in [0.2, 0.25) is 0 Å². The number of halogens is 4. The monoisotopic (exact) mass is 504 g/mol. The molecule has 11 heteroatoms. The molecule has 2 aromatic rings. The van der Waals surface area contributed by atoms with E-state index in [1.807, 2.05) is 18.1 Å². The lowest BCUT2D eigenvalue weighted by Crippen LogP contribution is -2.47. The highest BCUT2D eigenvalue weighted by molar-refractivity contribution is 7.89. The number of hydrogen-bond donors (Lipinski definition) is 0. The summed E-state index contributed by atoms with van der Waals surface area (Å²) in [5, 5.41) is 0.389. The summed E-state index contributed by atoms with van der Waals surface area (Å²) >= 11 is 6.57. The van der Waals surface area contributed by atoms with Crippen molar-refractivity contribution < 1.29 is 21.6 Å². The molecule has 1 aliphatic heterocycles. The second-order valence-electron chi connectivity index (χ2n) is 9.03. The number of anilines is 1. The van der Waals surface area contributed by atoms with E-state index in [4.69, 9.17) is 11.6 Å². The zero-order valence-electron chi connectivity index (χ0n) is 18.4. The second-order valence-corrected chi connectivity index (χ2v) is 11.4. The van der Waals surface area contributed by atoms with Crippen LogP contribution in [-0.2, 0) is 30.2 Å². The smallest absolute Gasteiger partial charge is 0.360 e. The maximum absolute atomic E-state index is 13.5. The topological polar surface area (TPSA) is 58.4 Å². The fourth-order valence-corrected chi connectivity index (χ4v) is 6.29. The molecule has 1 aromatic heterocycles. The summed E-state index contributed by atoms with van der Waals surface area (Å²) in [5.41, 5.74) is -3.59. The molecule has 0 N–H and O–H groups in total. The normalized spacial score (nSPS) is 20.8. The zero-order valence-corrected chi connectivity index (χ0v) is 20.0. The molecule has 0 bridgehead atoms. The van der Waals surface area contributed by atoms with E-state index in [0.29, 0.717) is 39.5 Å². The van der Waals surface area contributed by atoms with Crippen LogP contribution in [0.4, 0.5) is 18.9 Å². The average Bonchev–Trinajstić information content (AvgIpc) is 3.36. The molecule has 1 atom stereocenters. The molecule has 0 unspecified atom stereocenters. The predicted octanol–water partition coefficient (Wildman–Crippen LogP) is 5.08. The molecule has 182 valence electrons. The van der Waals surface area contributed by atoms with Gasteiger partial charge < -0.3 is 9.47 Å². The summed E-state index contributed by atoms with van der Waals surface area (Å²) < 4.78 is 67.9. The van der Waals surface area contributed by atoms with Gasteiger partial charge in [-0.1, -0.05) is 49.4 Å². The third-order valence-electron chi connectivity index (χ3n) is 6.67. The lowest BCUT2D eigenvalue weighted by atomic mass is 9.97. The lowest BCUT2D eigenvalue weighted by Gasteiger charge is -2.35. The summed E-state index contributed by atoms with van der Waals surface area (Å²) in [7, 11) is -3.65. The highest BCUT2D eigenvalue weighted by Crippen LogP contribution is 2.40. The summed E-state index contributed by atoms with van der Waals surface area (Å²) in [6.45, 7) is -0.310. The van der Waals surface area contributed by atoms with Crippen LogP contribution in [-0.4, -0.2) is 40.4 Å². The second kappa shape index (κ2) is 9.46. The number of fused-ring (bicyclic) bond motifs is 1. The molecule has 0 amide bonds. The van der Waals surface area contributed by atoms with E-state index in [1.165, 1.54) is 0 Å². The van der Waals surface area contributed by atoms with E-state index in [0.717, 1.165) is 37.8 Å². The fraction of sp³-hybridized carbons (Fsp3) is 0.591. The van der Waals surface area contributed by atoms with E-state index >= 15 is 0 Å². The van der Waals surface area contributed by atoms with E-state index in [9.17, 15) is 21.6 Å². The third-order valence-corrected chi connectivity index (χ3v) is 8.51. The Kier molecular flexibility index (Phi) is 6.98. The SMILES string of the molecule is Cn1cnc(CN2c3c(Cl)cccc3CN(S(=O)(=O)C(F)(F)F)C[C@H]2CCC2CCCC2)c1. The Morgan fingerprint density at radius 1 is 1.18 bits per heavy atom. The largest absolute Gasteiger partial charge is 0.511 e. The van der Waals surface area contributed by atoms with Crippen molar-refractivity contribution in [2.75, 3.05) is 11.4 Å². The van der Waals surface area contributed by atoms with Gasteiger partial charge in [-0.3, -0.25) is 0 Å². The molecule has 0 spiro atoms. The van der Waals surface area contributed by atoms with Crippen molar-refractivity contribution in [3.63, 3.8) is 0 Å². The first-order valence-corrected chi connectivity index (χ1v) is 13.0. The van der Waals surface area contributed by atoms with Crippen molar-refractivity contribution >= 4 is 27.3 Å². The maximum atomic E-state index is 13.5. The van der Waals surface area contributed by atoms with E-state index in [1.54, 1.807) is 29.1 Å². The van der Waals surface area contributed by atoms with Crippen LogP contribution in [0.5, 0.6) is 0 Å². The lowest BCUT2D eigenvalue weighted by molar-refractivity contribution is -0.0492. The van der Waals surface area contributed by atoms with Crippen LogP contribution in [0.25, 0.3) is 0 Å². The van der Waals surface area contributed by atoms with Gasteiger partial charge in [0.25, 0.3) is 0 Å². The molecule has 2 heterocycles. The minimum Gasteiger partial charge on any atom is -0.360 e. The average molecular weight is 505 g/mol. The van der Waals surface area contributed by atoms with Gasteiger partial charge >= 0.3 is 15.5 Å². The molecule has 1 fully saturated rings. The fourth-order valence-electron chi connectivity index (χ4n) is 5.02. The quantitative estimate of drug-likeness (QED) is 0.550. The van der Waals surface area contributed by atoms with Crippen LogP contribution in [0.2, 0.25) is 5.02 Å². The van der Waals surface area contributed by atoms with Crippen molar-refractivity contribution in [3.8, 4) is 0 Å². The number of hydrogen-bond acceptors (Lipinski definition) is 4. The molecular formula is C22H28ClF3N4O2S. The predicted molar refractivity (Wildman–Crippen MR) is 121 cm³/mol. The molecule has 1 aliphatic carbocycles. The number of aryl methyl sites for hydroxylation is 1. The summed E-state index contributed by atoms with van der Waals surface area (Å²) in [4.78, 5) is 6.35. The number of sulfonamides is 1. The van der Waals surface area contributed by atoms with E-state index < -0.39 is 21.6 Å². The van der Waals surface area contributed by atoms with Gasteiger partial charge in [-0.25, -0.2) is 13.4 Å². The van der Waals surface area contributed by atoms with Crippen molar-refractivity contribution in [2.45, 2.75) is 63.2 Å². The summed E-state index contributed by atoms with van der Waals surface area (Å²) in [6.07, 6.45) is 9.46. The molecule has 0 saturated heterocycles. The first kappa shape index (κ1) is 24.3. The summed E-state index contributed by atoms with van der Waals surface area (Å²) in [6, 6.07) is 4.50. The Morgan fingerprint density at radius 2 is 1.91 bits per heavy atom. The minimum atomic E-state index is -5.50. The first-order chi connectivity index (χ1) is 15.6. The van der Waals surface area contributed by atoms with Gasteiger partial charge in [0.05, 0.1) is 29.3 Å². The van der Waals surface area contributed by atoms with Crippen LogP contribution in [0, 0.1) is 5.92 Å². The molecular weight excluding hydrogens is 477 g/mol. The Labute approximate surface area is 197 Å². The van der Waals surface area contributed by atoms with E-state index in [-0.39, 0.29) is 13.1 Å². The van der Waals surface area contributed by atoms with Gasteiger partial charge in [-0.15, -0.1) is 0 Å². The minimum absolute atomic E-state index is 0.258. The Morgan fingerprint density at radius 3 is 2.55 bits per heavy atom. The van der Waals surface area contributed by atoms with Gasteiger partial charge in [0.1, 0.15) is 0 Å². The standard InChI is InChI=1S/C22H28ClF3N4O2S/c1-28-12-18(27-15-28)13-30-19(10-9-16-5-2-3-6-16)14-29(33(31,32)22(24,25)26)11-17-7-4-8-20(23)21(17)30/h4,7-8,12,15-16,19H,2-3,5-6,9-11,13-14H2,1H3/t19-/m1/s1. The van der Waals surface area contributed by atoms with Crippen LogP contribution in [0.15, 0.2) is 30.7 Å². The van der Waals surface area contributed by atoms with Crippen LogP contribution in [0.3, 0.4) is 0 Å². The van der Waals surface area contributed by atoms with Crippen LogP contribution in [0.1, 0.15) is 49.8 Å². The molecule has 1 saturated carbocycles. The number of para-hydroxylation sites is 1. The number of alkyl halides is 3. The van der Waals surface area contributed by atoms with Gasteiger partial charge in [-0.2, -0.15) is 17.5 Å². The van der Waals surface area contributed by atoms with Gasteiger partial charge in [0, 0.05) is 32.4 Å². The van der Waals surface area contributed by atoms with Gasteiger partial charge in [-0.05, 0) is 30.4 Å². The Bertz CT molecular complexity index is 1080. The summed E-state index contributed by atoms with van der Waals surface area (Å²) in [5.74, 6) is 0.517. The number of aromatic nitrogens is 2. The molecule has 2 aliphatic rings. The maximum Gasteiger partial charge on any atom is 0.511 e. The number of benzene rings is 1. The Hall–Kier alpha value is -1.78. The van der Waals surface area contributed by atoms with Crippen molar-refractivity contribution in [1.82, 2.24) is 13.9 Å². The molecule has 4 rings (SSSR count). The van der Waals surface area contributed by atoms with Crippen molar-refractivity contribution in [1.29, 1.82) is 0 Å². The number of nitrogens with zero attached hydrogens (tertiary/aromatic N) is 4. The van der Waals surface area contributed by atoms with Gasteiger partial charge in [0.15, 0.2) is 0 Å². The highest BCUT2D eigenvalue weighted by atomic mass is 35.5. The number of rotatable bonds is 6. The first-order valence-electron chi connectivity index (χ1n) is 11.1. The molecule has 6 nitrogen and oxygen atoms in total. The number of imidazole rings is 1. The van der Waals surface area contributed by atoms with Crippen LogP contribution >= 0.6 is 11.6 Å². The molecule has 1 aromatic carbocycles.